The number of hydrogen-bond acceptors (Lipinski definition) is 4. The molecule has 2 aromatic heterocycles. The molecule has 2 N–H and O–H groups in total. The molecule has 1 aliphatic rings. The summed E-state index contributed by atoms with van der Waals surface area (Å²) < 4.78 is 1.92. The smallest absolute Gasteiger partial charge is 0.339 e. The van der Waals surface area contributed by atoms with Crippen molar-refractivity contribution in [2.75, 3.05) is 5.32 Å². The number of halogens is 1. The van der Waals surface area contributed by atoms with E-state index in [0.29, 0.717) is 26.8 Å². The summed E-state index contributed by atoms with van der Waals surface area (Å²) in [6.45, 7) is 3.76. The summed E-state index contributed by atoms with van der Waals surface area (Å²) in [6.07, 6.45) is 5.26. The minimum atomic E-state index is -0.925. The number of aryl methyl sites for hydroxylation is 2. The second kappa shape index (κ2) is 9.26. The SMILES string of the molecule is Cc1cc(/C=C(/C#N)C(=O)Nc2ccccc2Cl)c(C)n1-c1sc2c(c1C(=O)O)CCCC2. The predicted octanol–water partition coefficient (Wildman–Crippen LogP) is 5.93. The highest BCUT2D eigenvalue weighted by Crippen LogP contribution is 2.39. The van der Waals surface area contributed by atoms with Crippen LogP contribution in [0.4, 0.5) is 5.69 Å². The number of carboxylic acids is 1. The van der Waals surface area contributed by atoms with Crippen LogP contribution in [0.15, 0.2) is 35.9 Å². The van der Waals surface area contributed by atoms with E-state index in [1.54, 1.807) is 24.3 Å². The summed E-state index contributed by atoms with van der Waals surface area (Å²) in [7, 11) is 0. The fourth-order valence-corrected chi connectivity index (χ4v) is 5.91. The molecule has 2 heterocycles. The number of carbonyl (C=O) groups is 2. The second-order valence-electron chi connectivity index (χ2n) is 7.96. The van der Waals surface area contributed by atoms with E-state index in [2.05, 4.69) is 5.32 Å². The molecule has 0 unspecified atom stereocenters. The zero-order chi connectivity index (χ0) is 23.7. The molecule has 0 saturated carbocycles. The van der Waals surface area contributed by atoms with Gasteiger partial charge >= 0.3 is 5.97 Å². The zero-order valence-corrected chi connectivity index (χ0v) is 19.8. The van der Waals surface area contributed by atoms with Crippen LogP contribution in [0.5, 0.6) is 0 Å². The summed E-state index contributed by atoms with van der Waals surface area (Å²) in [5.74, 6) is -1.49. The van der Waals surface area contributed by atoms with Crippen molar-refractivity contribution in [1.82, 2.24) is 4.57 Å². The lowest BCUT2D eigenvalue weighted by atomic mass is 9.95. The van der Waals surface area contributed by atoms with Crippen molar-refractivity contribution in [3.63, 3.8) is 0 Å². The fraction of sp³-hybridized carbons (Fsp3) is 0.240. The maximum Gasteiger partial charge on any atom is 0.339 e. The summed E-state index contributed by atoms with van der Waals surface area (Å²) >= 11 is 7.63. The van der Waals surface area contributed by atoms with E-state index in [1.807, 2.05) is 30.6 Å². The lowest BCUT2D eigenvalue weighted by Gasteiger charge is -2.11. The average Bonchev–Trinajstić information content (AvgIpc) is 3.29. The molecule has 6 nitrogen and oxygen atoms in total. The monoisotopic (exact) mass is 479 g/mol. The lowest BCUT2D eigenvalue weighted by Crippen LogP contribution is -2.13. The summed E-state index contributed by atoms with van der Waals surface area (Å²) in [5, 5.41) is 23.3. The molecule has 0 aliphatic heterocycles. The van der Waals surface area contributed by atoms with Gasteiger partial charge in [0.25, 0.3) is 5.91 Å². The van der Waals surface area contributed by atoms with Crippen LogP contribution in [0.2, 0.25) is 5.02 Å². The third-order valence-electron chi connectivity index (χ3n) is 5.83. The molecule has 33 heavy (non-hydrogen) atoms. The lowest BCUT2D eigenvalue weighted by molar-refractivity contribution is -0.112. The number of nitriles is 1. The Morgan fingerprint density at radius 1 is 1.24 bits per heavy atom. The van der Waals surface area contributed by atoms with Gasteiger partial charge in [-0.15, -0.1) is 11.3 Å². The van der Waals surface area contributed by atoms with Gasteiger partial charge in [-0.25, -0.2) is 4.79 Å². The number of thiophene rings is 1. The number of benzene rings is 1. The van der Waals surface area contributed by atoms with E-state index in [1.165, 1.54) is 17.4 Å². The van der Waals surface area contributed by atoms with Crippen molar-refractivity contribution in [3.8, 4) is 11.1 Å². The van der Waals surface area contributed by atoms with Crippen molar-refractivity contribution in [1.29, 1.82) is 5.26 Å². The van der Waals surface area contributed by atoms with Crippen LogP contribution in [0.25, 0.3) is 11.1 Å². The standard InChI is InChI=1S/C25H22ClN3O3S/c1-14-11-16(12-17(13-27)23(30)28-20-9-5-4-8-19(20)26)15(2)29(14)24-22(25(31)32)18-7-3-6-10-21(18)33-24/h4-5,8-9,11-12H,3,6-7,10H2,1-2H3,(H,28,30)(H,31,32)/b17-12-. The maximum absolute atomic E-state index is 12.7. The molecule has 1 aliphatic carbocycles. The van der Waals surface area contributed by atoms with Gasteiger partial charge in [0.05, 0.1) is 16.3 Å². The second-order valence-corrected chi connectivity index (χ2v) is 9.45. The number of aromatic carboxylic acids is 1. The quantitative estimate of drug-likeness (QED) is 0.350. The molecule has 8 heteroatoms. The Hall–Kier alpha value is -3.34. The first kappa shape index (κ1) is 22.8. The number of nitrogens with one attached hydrogen (secondary N) is 1. The van der Waals surface area contributed by atoms with Crippen molar-refractivity contribution in [2.24, 2.45) is 0 Å². The number of fused-ring (bicyclic) bond motifs is 1. The van der Waals surface area contributed by atoms with Crippen molar-refractivity contribution < 1.29 is 14.7 Å². The van der Waals surface area contributed by atoms with Gasteiger partial charge in [-0.3, -0.25) is 4.79 Å². The van der Waals surface area contributed by atoms with Gasteiger partial charge < -0.3 is 15.0 Å². The van der Waals surface area contributed by atoms with Gasteiger partial charge in [0, 0.05) is 16.3 Å². The Morgan fingerprint density at radius 3 is 2.67 bits per heavy atom. The summed E-state index contributed by atoms with van der Waals surface area (Å²) in [4.78, 5) is 26.0. The first-order chi connectivity index (χ1) is 15.8. The summed E-state index contributed by atoms with van der Waals surface area (Å²) in [6, 6.07) is 10.6. The molecular formula is C25H22ClN3O3S. The molecule has 168 valence electrons. The van der Waals surface area contributed by atoms with Crippen LogP contribution in [0.1, 0.15) is 50.6 Å². The van der Waals surface area contributed by atoms with Crippen LogP contribution in [0.3, 0.4) is 0 Å². The molecule has 0 saturated heterocycles. The molecule has 0 bridgehead atoms. The Balaban J connectivity index is 1.74. The normalized spacial score (nSPS) is 13.3. The Morgan fingerprint density at radius 2 is 1.97 bits per heavy atom. The number of amides is 1. The number of anilines is 1. The van der Waals surface area contributed by atoms with Gasteiger partial charge in [0.1, 0.15) is 16.6 Å². The number of para-hydroxylation sites is 1. The van der Waals surface area contributed by atoms with Gasteiger partial charge in [-0.2, -0.15) is 5.26 Å². The van der Waals surface area contributed by atoms with E-state index in [-0.39, 0.29) is 5.57 Å². The minimum Gasteiger partial charge on any atom is -0.478 e. The third-order valence-corrected chi connectivity index (χ3v) is 7.43. The van der Waals surface area contributed by atoms with Crippen LogP contribution in [-0.4, -0.2) is 21.6 Å². The fourth-order valence-electron chi connectivity index (χ4n) is 4.23. The number of hydrogen-bond donors (Lipinski definition) is 2. The number of carbonyl (C=O) groups excluding carboxylic acids is 1. The van der Waals surface area contributed by atoms with Crippen LogP contribution in [0, 0.1) is 25.2 Å². The van der Waals surface area contributed by atoms with Crippen LogP contribution in [-0.2, 0) is 17.6 Å². The molecule has 0 spiro atoms. The first-order valence-corrected chi connectivity index (χ1v) is 11.8. The third kappa shape index (κ3) is 4.32. The molecule has 4 rings (SSSR count). The molecule has 3 aromatic rings. The Bertz CT molecular complexity index is 1340. The summed E-state index contributed by atoms with van der Waals surface area (Å²) in [5.41, 5.74) is 3.95. The highest BCUT2D eigenvalue weighted by Gasteiger charge is 2.27. The number of carboxylic acid groups (broad SMARTS) is 1. The van der Waals surface area contributed by atoms with E-state index >= 15 is 0 Å². The molecule has 1 amide bonds. The Labute approximate surface area is 200 Å². The molecule has 0 fully saturated rings. The van der Waals surface area contributed by atoms with Gasteiger partial charge in [-0.1, -0.05) is 23.7 Å². The minimum absolute atomic E-state index is 0.0703. The topological polar surface area (TPSA) is 95.1 Å². The van der Waals surface area contributed by atoms with Gasteiger partial charge in [0.15, 0.2) is 0 Å². The van der Waals surface area contributed by atoms with Gasteiger partial charge in [-0.05, 0) is 74.9 Å². The molecule has 1 aromatic carbocycles. The number of nitrogens with zero attached hydrogens (tertiary/aromatic N) is 2. The van der Waals surface area contributed by atoms with Crippen LogP contribution < -0.4 is 5.32 Å². The van der Waals surface area contributed by atoms with E-state index in [4.69, 9.17) is 11.6 Å². The average molecular weight is 480 g/mol. The van der Waals surface area contributed by atoms with Crippen LogP contribution >= 0.6 is 22.9 Å². The molecule has 0 atom stereocenters. The molecular weight excluding hydrogens is 458 g/mol. The largest absolute Gasteiger partial charge is 0.478 e. The first-order valence-electron chi connectivity index (χ1n) is 10.6. The highest BCUT2D eigenvalue weighted by atomic mass is 35.5. The zero-order valence-electron chi connectivity index (χ0n) is 18.2. The predicted molar refractivity (Wildman–Crippen MR) is 130 cm³/mol. The Kier molecular flexibility index (Phi) is 6.41. The van der Waals surface area contributed by atoms with Crippen molar-refractivity contribution in [2.45, 2.75) is 39.5 Å². The highest BCUT2D eigenvalue weighted by molar-refractivity contribution is 7.15. The van der Waals surface area contributed by atoms with Gasteiger partial charge in [0.2, 0.25) is 0 Å². The van der Waals surface area contributed by atoms with Crippen molar-refractivity contribution in [3.05, 3.63) is 73.9 Å². The molecule has 0 radical (unpaired) electrons. The van der Waals surface area contributed by atoms with Crippen molar-refractivity contribution >= 4 is 46.6 Å². The number of aromatic nitrogens is 1. The number of rotatable bonds is 5. The van der Waals surface area contributed by atoms with E-state index in [9.17, 15) is 20.0 Å². The van der Waals surface area contributed by atoms with E-state index in [0.717, 1.165) is 47.5 Å². The maximum atomic E-state index is 12.7. The van der Waals surface area contributed by atoms with E-state index < -0.39 is 11.9 Å².